The van der Waals surface area contributed by atoms with Gasteiger partial charge in [-0.05, 0) is 0 Å². The summed E-state index contributed by atoms with van der Waals surface area (Å²) in [5.41, 5.74) is 12.3. The Morgan fingerprint density at radius 3 is 2.79 bits per heavy atom. The number of primary amides is 1. The Balaban J connectivity index is 0.000000647. The fourth-order valence-corrected chi connectivity index (χ4v) is 3.21. The monoisotopic (exact) mass is 393 g/mol. The third-order valence-corrected chi connectivity index (χ3v) is 5.03. The second-order valence-electron chi connectivity index (χ2n) is 5.46. The molecule has 4 N–H and O–H groups in total. The van der Waals surface area contributed by atoms with Crippen LogP contribution in [0.1, 0.15) is 17.9 Å². The molecular weight excluding hydrogens is 371 g/mol. The molecule has 1 amide bonds. The number of nitrogens with two attached hydrogens (primary N) is 2. The zero-order valence-electron chi connectivity index (χ0n) is 13.5. The van der Waals surface area contributed by atoms with E-state index in [2.05, 4.69) is 50.0 Å². The van der Waals surface area contributed by atoms with Gasteiger partial charge >= 0.3 is 133 Å². The van der Waals surface area contributed by atoms with E-state index in [1.54, 1.807) is 13.3 Å². The Morgan fingerprint density at radius 2 is 2.17 bits per heavy atom. The maximum atomic E-state index is 8.58. The molecule has 0 aromatic carbocycles. The van der Waals surface area contributed by atoms with Crippen molar-refractivity contribution >= 4 is 28.3 Å². The van der Waals surface area contributed by atoms with Crippen LogP contribution in [0, 0.1) is 5.92 Å². The third-order valence-electron chi connectivity index (χ3n) is 3.90. The number of nitrogens with zero attached hydrogens (tertiary/aromatic N) is 2. The summed E-state index contributed by atoms with van der Waals surface area (Å²) in [6.45, 7) is 0.654. The molecule has 6 nitrogen and oxygen atoms in total. The van der Waals surface area contributed by atoms with Gasteiger partial charge in [0.15, 0.2) is 0 Å². The first kappa shape index (κ1) is 18.2. The van der Waals surface area contributed by atoms with E-state index in [1.807, 2.05) is 12.1 Å². The van der Waals surface area contributed by atoms with Crippen molar-refractivity contribution in [1.29, 1.82) is 0 Å². The number of amidine groups is 1. The van der Waals surface area contributed by atoms with Gasteiger partial charge in [0.1, 0.15) is 0 Å². The summed E-state index contributed by atoms with van der Waals surface area (Å²) in [4.78, 5) is 17.9. The van der Waals surface area contributed by atoms with E-state index in [0.717, 1.165) is 11.1 Å². The summed E-state index contributed by atoms with van der Waals surface area (Å²) in [6, 6.07) is 3.95. The first-order valence-corrected chi connectivity index (χ1v) is 8.60. The number of carbonyl (C=O) groups is 1. The van der Waals surface area contributed by atoms with Crippen molar-refractivity contribution < 1.29 is 9.53 Å². The maximum Gasteiger partial charge on any atom is 0.204 e. The summed E-state index contributed by atoms with van der Waals surface area (Å²) in [5.74, 6) is 2.06. The number of allylic oxidation sites excluding steroid dienone is 3. The fraction of sp³-hybridized carbons (Fsp3) is 0.353. The first-order chi connectivity index (χ1) is 11.6. The molecule has 0 saturated heterocycles. The number of hydrogen-bond donors (Lipinski definition) is 2. The largest absolute Gasteiger partial charge is 0.372 e. The number of methoxy groups -OCH3 is 1. The molecule has 1 saturated carbocycles. The Labute approximate surface area is 149 Å². The van der Waals surface area contributed by atoms with E-state index in [9.17, 15) is 0 Å². The Bertz CT molecular complexity index is 672. The van der Waals surface area contributed by atoms with Crippen LogP contribution in [0.15, 0.2) is 47.1 Å². The van der Waals surface area contributed by atoms with E-state index in [-0.39, 0.29) is 12.3 Å². The van der Waals surface area contributed by atoms with Crippen molar-refractivity contribution in [2.45, 2.75) is 17.2 Å². The molecule has 1 aliphatic carbocycles. The number of amides is 1. The molecule has 127 valence electrons. The summed E-state index contributed by atoms with van der Waals surface area (Å²) >= 11 is 3.16. The van der Waals surface area contributed by atoms with Gasteiger partial charge in [0, 0.05) is 0 Å². The van der Waals surface area contributed by atoms with E-state index in [4.69, 9.17) is 15.3 Å². The second kappa shape index (κ2) is 8.66. The van der Waals surface area contributed by atoms with Gasteiger partial charge in [0.05, 0.1) is 0 Å². The summed E-state index contributed by atoms with van der Waals surface area (Å²) in [6.07, 6.45) is 9.63. The average Bonchev–Trinajstić information content (AvgIpc) is 3.16. The first-order valence-electron chi connectivity index (χ1n) is 7.61. The van der Waals surface area contributed by atoms with Crippen LogP contribution in [0.3, 0.4) is 0 Å². The molecule has 0 bridgehead atoms. The van der Waals surface area contributed by atoms with Crippen molar-refractivity contribution in [1.82, 2.24) is 4.98 Å². The maximum absolute atomic E-state index is 8.58. The van der Waals surface area contributed by atoms with Crippen LogP contribution in [0.5, 0.6) is 5.88 Å². The number of aromatic nitrogens is 1. The summed E-state index contributed by atoms with van der Waals surface area (Å²) < 4.78 is 5.36. The molecule has 2 aliphatic rings. The van der Waals surface area contributed by atoms with Crippen LogP contribution in [0.4, 0.5) is 0 Å². The van der Waals surface area contributed by atoms with Crippen molar-refractivity contribution in [2.24, 2.45) is 22.4 Å². The van der Waals surface area contributed by atoms with E-state index < -0.39 is 0 Å². The predicted molar refractivity (Wildman–Crippen MR) is 95.1 cm³/mol. The molecule has 1 fully saturated rings. The van der Waals surface area contributed by atoms with Crippen LogP contribution in [-0.4, -0.2) is 46.9 Å². The number of aliphatic imine (C=N–C) groups is 1. The third kappa shape index (κ3) is 4.46. The number of carbonyl (C=O) groups excluding carboxylic acids is 1. The second-order valence-corrected chi connectivity index (χ2v) is 6.73. The molecule has 0 spiro atoms. The van der Waals surface area contributed by atoms with E-state index in [0.29, 0.717) is 29.0 Å². The molecule has 7 heteroatoms. The van der Waals surface area contributed by atoms with Crippen molar-refractivity contribution in [3.8, 4) is 5.88 Å². The van der Waals surface area contributed by atoms with E-state index in [1.165, 1.54) is 6.42 Å². The van der Waals surface area contributed by atoms with E-state index >= 15 is 0 Å². The van der Waals surface area contributed by atoms with Gasteiger partial charge in [0.25, 0.3) is 0 Å². The number of ether oxygens (including phenoxy) is 1. The standard InChI is InChI=1S/C16H18N3OSe.CH3NO/c1-20-16-12(6-3-7-18-16)13-9-19-15(17)11(13)5-2-4-10-8-14(10)21;2-1-3/h2-7,10,13-14H,8-9H2,1H3,(H2,17,19);1H,(H2,2,3)/b4-2+,11-5-;. The van der Waals surface area contributed by atoms with Crippen molar-refractivity contribution in [3.63, 3.8) is 0 Å². The molecule has 1 aromatic rings. The smallest absolute Gasteiger partial charge is 0.204 e. The van der Waals surface area contributed by atoms with Crippen LogP contribution < -0.4 is 16.2 Å². The van der Waals surface area contributed by atoms with Gasteiger partial charge in [-0.1, -0.05) is 0 Å². The Kier molecular flexibility index (Phi) is 6.58. The number of rotatable bonds is 4. The number of hydrogen-bond acceptors (Lipinski definition) is 5. The van der Waals surface area contributed by atoms with Gasteiger partial charge in [-0.2, -0.15) is 0 Å². The van der Waals surface area contributed by atoms with Crippen LogP contribution in [0.25, 0.3) is 0 Å². The normalized spacial score (nSPS) is 26.7. The van der Waals surface area contributed by atoms with Gasteiger partial charge in [-0.3, -0.25) is 4.79 Å². The van der Waals surface area contributed by atoms with Crippen molar-refractivity contribution in [3.05, 3.63) is 47.7 Å². The minimum Gasteiger partial charge on any atom is -0.372 e. The van der Waals surface area contributed by atoms with Gasteiger partial charge < -0.3 is 5.73 Å². The van der Waals surface area contributed by atoms with Crippen LogP contribution in [-0.2, 0) is 4.79 Å². The minimum absolute atomic E-state index is 0.126. The molecule has 3 atom stereocenters. The van der Waals surface area contributed by atoms with Gasteiger partial charge in [-0.25, -0.2) is 0 Å². The van der Waals surface area contributed by atoms with Gasteiger partial charge in [0.2, 0.25) is 6.41 Å². The Hall–Kier alpha value is -2.11. The van der Waals surface area contributed by atoms with Crippen LogP contribution >= 0.6 is 0 Å². The van der Waals surface area contributed by atoms with Crippen molar-refractivity contribution in [2.75, 3.05) is 13.7 Å². The molecule has 3 rings (SSSR count). The fourth-order valence-electron chi connectivity index (χ4n) is 2.56. The average molecular weight is 392 g/mol. The molecule has 2 heterocycles. The molecule has 3 unspecified atom stereocenters. The zero-order valence-corrected chi connectivity index (χ0v) is 15.2. The SMILES string of the molecule is COc1ncccc1C1CN=C(N)/C1=C\C=C\C1CC1[Se].NC=O. The quantitative estimate of drug-likeness (QED) is 0.592. The molecular formula is C17H21N4O2Se. The summed E-state index contributed by atoms with van der Waals surface area (Å²) in [5, 5.41) is 0. The number of pyridine rings is 1. The predicted octanol–water partition coefficient (Wildman–Crippen LogP) is 1.11. The molecule has 1 aliphatic heterocycles. The van der Waals surface area contributed by atoms with Gasteiger partial charge in [-0.15, -0.1) is 0 Å². The topological polar surface area (TPSA) is 104 Å². The minimum atomic E-state index is 0.126. The zero-order chi connectivity index (χ0) is 17.5. The Morgan fingerprint density at radius 1 is 1.46 bits per heavy atom. The molecule has 24 heavy (non-hydrogen) atoms. The molecule has 1 aromatic heterocycles. The van der Waals surface area contributed by atoms with Crippen LogP contribution in [0.2, 0.25) is 4.82 Å². The summed E-state index contributed by atoms with van der Waals surface area (Å²) in [7, 11) is 1.64. The molecule has 1 radical (unpaired) electrons.